The van der Waals surface area contributed by atoms with Crippen molar-refractivity contribution >= 4 is 27.3 Å². The van der Waals surface area contributed by atoms with Crippen LogP contribution >= 0.6 is 27.3 Å². The van der Waals surface area contributed by atoms with Crippen molar-refractivity contribution in [2.24, 2.45) is 0 Å². The number of rotatable bonds is 6. The van der Waals surface area contributed by atoms with E-state index < -0.39 is 0 Å². The van der Waals surface area contributed by atoms with Crippen molar-refractivity contribution in [2.45, 2.75) is 32.4 Å². The SMILES string of the molecule is CNC(COC(C)C)Cc1ccc(Br)s1. The summed E-state index contributed by atoms with van der Waals surface area (Å²) in [5.74, 6) is 0. The van der Waals surface area contributed by atoms with Gasteiger partial charge in [-0.15, -0.1) is 11.3 Å². The lowest BCUT2D eigenvalue weighted by Crippen LogP contribution is -2.33. The van der Waals surface area contributed by atoms with E-state index in [1.54, 1.807) is 11.3 Å². The molecular formula is C11H18BrNOS. The minimum Gasteiger partial charge on any atom is -0.377 e. The summed E-state index contributed by atoms with van der Waals surface area (Å²) in [6.45, 7) is 4.90. The van der Waals surface area contributed by atoms with Crippen molar-refractivity contribution < 1.29 is 4.74 Å². The summed E-state index contributed by atoms with van der Waals surface area (Å²) in [5.41, 5.74) is 0. The lowest BCUT2D eigenvalue weighted by atomic mass is 10.2. The topological polar surface area (TPSA) is 21.3 Å². The molecule has 0 saturated carbocycles. The Hall–Kier alpha value is 0.1000. The maximum Gasteiger partial charge on any atom is 0.0701 e. The summed E-state index contributed by atoms with van der Waals surface area (Å²) < 4.78 is 6.80. The summed E-state index contributed by atoms with van der Waals surface area (Å²) in [6, 6.07) is 4.66. The highest BCUT2D eigenvalue weighted by Gasteiger charge is 2.09. The number of likely N-dealkylation sites (N-methyl/N-ethyl adjacent to an activating group) is 1. The van der Waals surface area contributed by atoms with E-state index >= 15 is 0 Å². The molecule has 1 aromatic rings. The van der Waals surface area contributed by atoms with E-state index in [0.717, 1.165) is 13.0 Å². The van der Waals surface area contributed by atoms with Crippen LogP contribution < -0.4 is 5.32 Å². The maximum absolute atomic E-state index is 5.60. The minimum atomic E-state index is 0.302. The van der Waals surface area contributed by atoms with Gasteiger partial charge in [0.25, 0.3) is 0 Å². The van der Waals surface area contributed by atoms with Crippen molar-refractivity contribution in [3.8, 4) is 0 Å². The molecule has 0 radical (unpaired) electrons. The molecule has 2 nitrogen and oxygen atoms in total. The van der Waals surface area contributed by atoms with Gasteiger partial charge < -0.3 is 10.1 Å². The number of hydrogen-bond donors (Lipinski definition) is 1. The number of hydrogen-bond acceptors (Lipinski definition) is 3. The van der Waals surface area contributed by atoms with Crippen LogP contribution in [0, 0.1) is 0 Å². The van der Waals surface area contributed by atoms with E-state index in [-0.39, 0.29) is 0 Å². The van der Waals surface area contributed by atoms with E-state index in [4.69, 9.17) is 4.74 Å². The number of halogens is 1. The molecule has 1 unspecified atom stereocenters. The van der Waals surface area contributed by atoms with Crippen molar-refractivity contribution in [3.05, 3.63) is 20.8 Å². The Labute approximate surface area is 104 Å². The normalized spacial score (nSPS) is 13.4. The molecule has 0 fully saturated rings. The molecule has 0 saturated heterocycles. The third-order valence-corrected chi connectivity index (χ3v) is 3.76. The Morgan fingerprint density at radius 3 is 2.67 bits per heavy atom. The molecule has 0 bridgehead atoms. The van der Waals surface area contributed by atoms with Gasteiger partial charge in [-0.3, -0.25) is 0 Å². The third kappa shape index (κ3) is 5.11. The van der Waals surface area contributed by atoms with E-state index in [0.29, 0.717) is 12.1 Å². The summed E-state index contributed by atoms with van der Waals surface area (Å²) >= 11 is 5.26. The molecule has 0 amide bonds. The fourth-order valence-corrected chi connectivity index (χ4v) is 2.82. The van der Waals surface area contributed by atoms with Crippen LogP contribution in [0.1, 0.15) is 18.7 Å². The van der Waals surface area contributed by atoms with Crippen LogP contribution in [-0.4, -0.2) is 25.8 Å². The highest BCUT2D eigenvalue weighted by molar-refractivity contribution is 9.11. The molecule has 0 aliphatic rings. The van der Waals surface area contributed by atoms with Crippen molar-refractivity contribution in [2.75, 3.05) is 13.7 Å². The van der Waals surface area contributed by atoms with Gasteiger partial charge >= 0.3 is 0 Å². The van der Waals surface area contributed by atoms with Crippen LogP contribution in [0.3, 0.4) is 0 Å². The Morgan fingerprint density at radius 1 is 1.47 bits per heavy atom. The van der Waals surface area contributed by atoms with Crippen LogP contribution in [0.2, 0.25) is 0 Å². The highest BCUT2D eigenvalue weighted by atomic mass is 79.9. The second kappa shape index (κ2) is 6.63. The monoisotopic (exact) mass is 291 g/mol. The molecule has 1 heterocycles. The van der Waals surface area contributed by atoms with Crippen molar-refractivity contribution in [1.29, 1.82) is 0 Å². The van der Waals surface area contributed by atoms with Gasteiger partial charge in [0.1, 0.15) is 0 Å². The molecule has 0 aromatic carbocycles. The summed E-state index contributed by atoms with van der Waals surface area (Å²) in [7, 11) is 1.98. The third-order valence-electron chi connectivity index (χ3n) is 2.12. The van der Waals surface area contributed by atoms with Crippen LogP contribution in [-0.2, 0) is 11.2 Å². The number of thiophene rings is 1. The minimum absolute atomic E-state index is 0.302. The van der Waals surface area contributed by atoms with Gasteiger partial charge in [0.05, 0.1) is 16.5 Å². The average Bonchev–Trinajstić information content (AvgIpc) is 2.58. The van der Waals surface area contributed by atoms with E-state index in [1.165, 1.54) is 8.66 Å². The summed E-state index contributed by atoms with van der Waals surface area (Å²) in [4.78, 5) is 1.38. The van der Waals surface area contributed by atoms with Gasteiger partial charge in [0.2, 0.25) is 0 Å². The first-order valence-electron chi connectivity index (χ1n) is 5.15. The first-order valence-corrected chi connectivity index (χ1v) is 6.76. The lowest BCUT2D eigenvalue weighted by molar-refractivity contribution is 0.0629. The molecule has 1 aromatic heterocycles. The van der Waals surface area contributed by atoms with Crippen LogP contribution in [0.15, 0.2) is 15.9 Å². The molecule has 4 heteroatoms. The fraction of sp³-hybridized carbons (Fsp3) is 0.636. The van der Waals surface area contributed by atoms with Crippen molar-refractivity contribution in [3.63, 3.8) is 0 Å². The van der Waals surface area contributed by atoms with E-state index in [2.05, 4.69) is 47.2 Å². The largest absolute Gasteiger partial charge is 0.377 e. The van der Waals surface area contributed by atoms with Gasteiger partial charge in [0.15, 0.2) is 0 Å². The predicted octanol–water partition coefficient (Wildman–Crippen LogP) is 3.07. The van der Waals surface area contributed by atoms with Gasteiger partial charge in [-0.05, 0) is 55.4 Å². The highest BCUT2D eigenvalue weighted by Crippen LogP contribution is 2.23. The zero-order chi connectivity index (χ0) is 11.3. The van der Waals surface area contributed by atoms with Gasteiger partial charge in [-0.25, -0.2) is 0 Å². The van der Waals surface area contributed by atoms with Crippen molar-refractivity contribution in [1.82, 2.24) is 5.32 Å². The average molecular weight is 292 g/mol. The van der Waals surface area contributed by atoms with Crippen LogP contribution in [0.25, 0.3) is 0 Å². The maximum atomic E-state index is 5.60. The smallest absolute Gasteiger partial charge is 0.0701 e. The molecule has 0 aliphatic carbocycles. The second-order valence-corrected chi connectivity index (χ2v) is 6.33. The second-order valence-electron chi connectivity index (χ2n) is 3.78. The van der Waals surface area contributed by atoms with Crippen LogP contribution in [0.4, 0.5) is 0 Å². The summed E-state index contributed by atoms with van der Waals surface area (Å²) in [6.07, 6.45) is 1.33. The molecule has 1 N–H and O–H groups in total. The zero-order valence-corrected chi connectivity index (χ0v) is 11.8. The molecule has 15 heavy (non-hydrogen) atoms. The van der Waals surface area contributed by atoms with Gasteiger partial charge in [-0.1, -0.05) is 0 Å². The molecule has 86 valence electrons. The lowest BCUT2D eigenvalue weighted by Gasteiger charge is -2.17. The Kier molecular flexibility index (Phi) is 5.82. The first-order chi connectivity index (χ1) is 7.11. The quantitative estimate of drug-likeness (QED) is 0.870. The molecular weight excluding hydrogens is 274 g/mol. The Bertz CT molecular complexity index is 288. The first kappa shape index (κ1) is 13.2. The predicted molar refractivity (Wildman–Crippen MR) is 69.7 cm³/mol. The van der Waals surface area contributed by atoms with Gasteiger partial charge in [-0.2, -0.15) is 0 Å². The van der Waals surface area contributed by atoms with Gasteiger partial charge in [0, 0.05) is 10.9 Å². The van der Waals surface area contributed by atoms with E-state index in [9.17, 15) is 0 Å². The standard InChI is InChI=1S/C11H18BrNOS/c1-8(2)14-7-9(13-3)6-10-4-5-11(12)15-10/h4-5,8-9,13H,6-7H2,1-3H3. The number of ether oxygens (including phenoxy) is 1. The summed E-state index contributed by atoms with van der Waals surface area (Å²) in [5, 5.41) is 3.28. The number of nitrogens with one attached hydrogen (secondary N) is 1. The van der Waals surface area contributed by atoms with E-state index in [1.807, 2.05) is 7.05 Å². The fourth-order valence-electron chi connectivity index (χ4n) is 1.26. The molecule has 0 aliphatic heterocycles. The molecule has 0 spiro atoms. The Balaban J connectivity index is 2.39. The molecule has 1 atom stereocenters. The van der Waals surface area contributed by atoms with Crippen LogP contribution in [0.5, 0.6) is 0 Å². The zero-order valence-electron chi connectivity index (χ0n) is 9.42. The Morgan fingerprint density at radius 2 is 2.20 bits per heavy atom. The molecule has 1 rings (SSSR count).